The van der Waals surface area contributed by atoms with Crippen LogP contribution in [0.4, 0.5) is 9.59 Å². The molecular formula is C45H76N2O10. The van der Waals surface area contributed by atoms with Crippen molar-refractivity contribution >= 4 is 18.2 Å². The molecule has 0 aromatic carbocycles. The van der Waals surface area contributed by atoms with Gasteiger partial charge in [0, 0.05) is 12.5 Å². The summed E-state index contributed by atoms with van der Waals surface area (Å²) in [6.07, 6.45) is 4.53. The Morgan fingerprint density at radius 3 is 2.04 bits per heavy atom. The number of aliphatic hydroxyl groups is 3. The number of esters is 1. The minimum absolute atomic E-state index is 0.0245. The van der Waals surface area contributed by atoms with E-state index in [1.165, 1.54) is 0 Å². The van der Waals surface area contributed by atoms with Crippen molar-refractivity contribution in [2.75, 3.05) is 6.54 Å². The molecule has 3 unspecified atom stereocenters. The number of hydrogen-bond acceptors (Lipinski definition) is 10. The van der Waals surface area contributed by atoms with Crippen LogP contribution in [0.25, 0.3) is 0 Å². The number of ether oxygens (including phenoxy) is 4. The van der Waals surface area contributed by atoms with Gasteiger partial charge in [-0.25, -0.2) is 14.4 Å². The van der Waals surface area contributed by atoms with Crippen molar-refractivity contribution in [3.8, 4) is 0 Å². The Labute approximate surface area is 341 Å². The largest absolute Gasteiger partial charge is 0.460 e. The molecule has 6 aliphatic rings. The molecule has 2 spiro atoms. The van der Waals surface area contributed by atoms with Crippen LogP contribution in [0.15, 0.2) is 0 Å². The predicted molar refractivity (Wildman–Crippen MR) is 215 cm³/mol. The van der Waals surface area contributed by atoms with Crippen LogP contribution in [0.5, 0.6) is 0 Å². The zero-order valence-electron chi connectivity index (χ0n) is 37.3. The van der Waals surface area contributed by atoms with E-state index < -0.39 is 64.9 Å². The lowest BCUT2D eigenvalue weighted by molar-refractivity contribution is -0.214. The lowest BCUT2D eigenvalue weighted by Crippen LogP contribution is -2.62. The van der Waals surface area contributed by atoms with Crippen molar-refractivity contribution in [2.45, 2.75) is 213 Å². The quantitative estimate of drug-likeness (QED) is 0.0913. The summed E-state index contributed by atoms with van der Waals surface area (Å²) in [5.41, 5.74) is -4.27. The molecular weight excluding hydrogens is 728 g/mol. The number of carbonyl (C=O) groups excluding carboxylic acids is 3. The van der Waals surface area contributed by atoms with E-state index in [1.807, 2.05) is 0 Å². The minimum Gasteiger partial charge on any atom is -0.460 e. The van der Waals surface area contributed by atoms with Crippen molar-refractivity contribution in [1.29, 1.82) is 0 Å². The van der Waals surface area contributed by atoms with E-state index in [-0.39, 0.29) is 63.9 Å². The summed E-state index contributed by atoms with van der Waals surface area (Å²) in [4.78, 5) is 40.1. The lowest BCUT2D eigenvalue weighted by Gasteiger charge is -2.64. The number of hydrogen-bond donors (Lipinski definition) is 5. The number of amides is 2. The molecule has 5 saturated carbocycles. The number of alkyl carbamates (subject to hydrolysis) is 2. The van der Waals surface area contributed by atoms with E-state index in [2.05, 4.69) is 45.3 Å². The Hall–Kier alpha value is -2.15. The van der Waals surface area contributed by atoms with Gasteiger partial charge in [-0.15, -0.1) is 0 Å². The first-order chi connectivity index (χ1) is 25.9. The van der Waals surface area contributed by atoms with E-state index in [0.717, 1.165) is 32.1 Å². The van der Waals surface area contributed by atoms with Crippen LogP contribution >= 0.6 is 0 Å². The number of nitrogens with one attached hydrogen (secondary N) is 2. The Bertz CT molecular complexity index is 1560. The number of rotatable bonds is 9. The average Bonchev–Trinajstić information content (AvgIpc) is 3.38. The fourth-order valence-corrected chi connectivity index (χ4v) is 13.9. The Balaban J connectivity index is 1.31. The highest BCUT2D eigenvalue weighted by Gasteiger charge is 2.85. The highest BCUT2D eigenvalue weighted by atomic mass is 16.6. The molecule has 1 heterocycles. The highest BCUT2D eigenvalue weighted by molar-refractivity contribution is 5.81. The maximum atomic E-state index is 14.6. The standard InChI is InChI=1S/C45H76N2O10/c1-37(2,3)56-35(51)46-22-14-15-26(47-36(52)57-38(4,5)6)34(50)54-28-24-42(12)29-23-27(48)32-39(7,8)30(49)16-19-45(32)25-44(29,45)21-20-41(42,11)33(28)43(13)18-17-31(55-43)40(9,10)53/h26-33,48-49,53H,14-25H2,1-13H3,(H,46,51)(H,47,52)/t26?,27-,28-,29?,30-,31-,32-,33-,41+,42-,43+,44?,45+/m0/s1. The summed E-state index contributed by atoms with van der Waals surface area (Å²) in [7, 11) is 0. The molecule has 57 heavy (non-hydrogen) atoms. The molecule has 0 aromatic heterocycles. The molecule has 5 N–H and O–H groups in total. The molecule has 5 aliphatic carbocycles. The van der Waals surface area contributed by atoms with E-state index in [9.17, 15) is 29.7 Å². The summed E-state index contributed by atoms with van der Waals surface area (Å²) in [6, 6.07) is -1.04. The normalized spacial score (nSPS) is 42.7. The summed E-state index contributed by atoms with van der Waals surface area (Å²) < 4.78 is 24.6. The van der Waals surface area contributed by atoms with Crippen LogP contribution in [0.2, 0.25) is 0 Å². The first-order valence-electron chi connectivity index (χ1n) is 21.9. The molecule has 6 fully saturated rings. The van der Waals surface area contributed by atoms with E-state index >= 15 is 0 Å². The van der Waals surface area contributed by atoms with Crippen molar-refractivity contribution in [3.05, 3.63) is 0 Å². The molecule has 0 bridgehead atoms. The van der Waals surface area contributed by atoms with Crippen molar-refractivity contribution in [3.63, 3.8) is 0 Å². The zero-order valence-corrected chi connectivity index (χ0v) is 37.3. The fourth-order valence-electron chi connectivity index (χ4n) is 13.9. The van der Waals surface area contributed by atoms with Crippen LogP contribution in [-0.2, 0) is 23.7 Å². The van der Waals surface area contributed by atoms with Crippen LogP contribution in [-0.4, -0.2) is 92.9 Å². The third-order valence-electron chi connectivity index (χ3n) is 16.3. The van der Waals surface area contributed by atoms with Gasteiger partial charge in [-0.1, -0.05) is 27.7 Å². The summed E-state index contributed by atoms with van der Waals surface area (Å²) in [5, 5.41) is 40.0. The Kier molecular flexibility index (Phi) is 11.1. The summed E-state index contributed by atoms with van der Waals surface area (Å²) in [5.74, 6) is -0.591. The van der Waals surface area contributed by atoms with Gasteiger partial charge in [-0.05, 0) is 172 Å². The van der Waals surface area contributed by atoms with Gasteiger partial charge >= 0.3 is 18.2 Å². The van der Waals surface area contributed by atoms with E-state index in [4.69, 9.17) is 18.9 Å². The first kappa shape index (κ1) is 44.4. The van der Waals surface area contributed by atoms with Gasteiger partial charge < -0.3 is 44.9 Å². The zero-order chi connectivity index (χ0) is 42.6. The SMILES string of the molecule is CC(C)(C)OC(=O)NCCCC(NC(=O)OC(C)(C)C)C(=O)O[C@H]1C[C@@]2(C)C3C[C@H](O)[C@H]4C(C)(C)[C@@H](O)CC[C@@]45CC35CC[C@]2(C)[C@H]1[C@@]1(C)CC[C@@H](C(C)(C)O)O1. The van der Waals surface area contributed by atoms with Crippen molar-refractivity contribution in [1.82, 2.24) is 10.6 Å². The Morgan fingerprint density at radius 2 is 1.44 bits per heavy atom. The number of fused-ring (bicyclic) bond motifs is 2. The van der Waals surface area contributed by atoms with E-state index in [0.29, 0.717) is 32.1 Å². The average molecular weight is 805 g/mol. The predicted octanol–water partition coefficient (Wildman–Crippen LogP) is 7.19. The highest BCUT2D eigenvalue weighted by Crippen LogP contribution is 2.89. The summed E-state index contributed by atoms with van der Waals surface area (Å²) >= 11 is 0. The molecule has 2 amide bonds. The van der Waals surface area contributed by atoms with Crippen LogP contribution < -0.4 is 10.6 Å². The topological polar surface area (TPSA) is 173 Å². The van der Waals surface area contributed by atoms with Crippen LogP contribution in [0.3, 0.4) is 0 Å². The smallest absolute Gasteiger partial charge is 0.408 e. The van der Waals surface area contributed by atoms with Gasteiger partial charge in [0.1, 0.15) is 23.3 Å². The van der Waals surface area contributed by atoms with Gasteiger partial charge in [-0.3, -0.25) is 0 Å². The molecule has 0 aromatic rings. The number of carbonyl (C=O) groups is 3. The minimum atomic E-state index is -1.06. The molecule has 326 valence electrons. The molecule has 0 radical (unpaired) electrons. The lowest BCUT2D eigenvalue weighted by atomic mass is 9.41. The third kappa shape index (κ3) is 7.62. The molecule has 1 saturated heterocycles. The van der Waals surface area contributed by atoms with Crippen molar-refractivity contribution in [2.24, 2.45) is 44.8 Å². The maximum Gasteiger partial charge on any atom is 0.408 e. The monoisotopic (exact) mass is 805 g/mol. The van der Waals surface area contributed by atoms with Gasteiger partial charge in [0.15, 0.2) is 0 Å². The van der Waals surface area contributed by atoms with Crippen molar-refractivity contribution < 1.29 is 48.7 Å². The second kappa shape index (κ2) is 14.2. The second-order valence-electron chi connectivity index (χ2n) is 23.1. The second-order valence-corrected chi connectivity index (χ2v) is 23.1. The maximum absolute atomic E-state index is 14.6. The first-order valence-corrected chi connectivity index (χ1v) is 21.9. The van der Waals surface area contributed by atoms with Gasteiger partial charge in [0.25, 0.3) is 0 Å². The van der Waals surface area contributed by atoms with E-state index in [1.54, 1.807) is 55.4 Å². The number of aliphatic hydroxyl groups excluding tert-OH is 2. The molecule has 12 nitrogen and oxygen atoms in total. The Morgan fingerprint density at radius 1 is 0.807 bits per heavy atom. The van der Waals surface area contributed by atoms with Gasteiger partial charge in [0.2, 0.25) is 0 Å². The molecule has 13 atom stereocenters. The molecule has 6 rings (SSSR count). The van der Waals surface area contributed by atoms with Gasteiger partial charge in [0.05, 0.1) is 29.5 Å². The van der Waals surface area contributed by atoms with Crippen LogP contribution in [0.1, 0.15) is 161 Å². The molecule has 1 aliphatic heterocycles. The third-order valence-corrected chi connectivity index (χ3v) is 16.3. The summed E-state index contributed by atoms with van der Waals surface area (Å²) in [6.45, 7) is 25.6. The molecule has 12 heteroatoms. The fraction of sp³-hybridized carbons (Fsp3) is 0.933. The van der Waals surface area contributed by atoms with Gasteiger partial charge in [-0.2, -0.15) is 0 Å². The van der Waals surface area contributed by atoms with Crippen LogP contribution in [0, 0.1) is 44.8 Å².